The van der Waals surface area contributed by atoms with Gasteiger partial charge in [0.15, 0.2) is 0 Å². The minimum absolute atomic E-state index is 0.811. The lowest BCUT2D eigenvalue weighted by Crippen LogP contribution is -1.97. The number of rotatable bonds is 3. The summed E-state index contributed by atoms with van der Waals surface area (Å²) in [6, 6.07) is 14.6. The summed E-state index contributed by atoms with van der Waals surface area (Å²) in [7, 11) is 0. The van der Waals surface area contributed by atoms with Crippen LogP contribution in [0.1, 0.15) is 5.56 Å². The summed E-state index contributed by atoms with van der Waals surface area (Å²) < 4.78 is 2.17. The molecule has 0 atom stereocenters. The highest BCUT2D eigenvalue weighted by Crippen LogP contribution is 2.27. The van der Waals surface area contributed by atoms with Gasteiger partial charge in [-0.25, -0.2) is 15.0 Å². The first kappa shape index (κ1) is 13.3. The highest BCUT2D eigenvalue weighted by molar-refractivity contribution is 7.98. The molecule has 0 aliphatic rings. The van der Waals surface area contributed by atoms with Gasteiger partial charge in [0.2, 0.25) is 0 Å². The van der Waals surface area contributed by atoms with Crippen LogP contribution in [0.4, 0.5) is 0 Å². The van der Waals surface area contributed by atoms with Crippen molar-refractivity contribution in [3.05, 3.63) is 60.7 Å². The molecule has 108 valence electrons. The maximum atomic E-state index is 4.52. The Kier molecular flexibility index (Phi) is 3.27. The van der Waals surface area contributed by atoms with E-state index in [0.29, 0.717) is 0 Å². The number of nitrogens with zero attached hydrogens (tertiary/aromatic N) is 4. The second-order valence-corrected chi connectivity index (χ2v) is 5.89. The van der Waals surface area contributed by atoms with Crippen LogP contribution in [-0.2, 0) is 6.54 Å². The minimum Gasteiger partial charge on any atom is -0.326 e. The van der Waals surface area contributed by atoms with Crippen LogP contribution in [0.25, 0.3) is 21.9 Å². The average Bonchev–Trinajstić information content (AvgIpc) is 2.95. The van der Waals surface area contributed by atoms with E-state index in [1.807, 2.05) is 24.7 Å². The van der Waals surface area contributed by atoms with Crippen LogP contribution >= 0.6 is 11.8 Å². The van der Waals surface area contributed by atoms with Crippen LogP contribution in [0.15, 0.2) is 60.1 Å². The third kappa shape index (κ3) is 2.23. The van der Waals surface area contributed by atoms with Gasteiger partial charge in [-0.3, -0.25) is 0 Å². The second kappa shape index (κ2) is 5.42. The SMILES string of the molecule is CSc1ncnc2cc3ncn(Cc4ccccc4)c3cc12. The predicted molar refractivity (Wildman–Crippen MR) is 90.2 cm³/mol. The fourth-order valence-corrected chi connectivity index (χ4v) is 3.19. The molecule has 2 aromatic carbocycles. The molecule has 0 aliphatic heterocycles. The topological polar surface area (TPSA) is 43.6 Å². The maximum absolute atomic E-state index is 4.52. The van der Waals surface area contributed by atoms with Gasteiger partial charge in [-0.1, -0.05) is 30.3 Å². The van der Waals surface area contributed by atoms with E-state index in [4.69, 9.17) is 0 Å². The summed E-state index contributed by atoms with van der Waals surface area (Å²) in [4.78, 5) is 13.2. The van der Waals surface area contributed by atoms with Crippen LogP contribution < -0.4 is 0 Å². The number of thioether (sulfide) groups is 1. The van der Waals surface area contributed by atoms with Crippen LogP contribution in [-0.4, -0.2) is 25.8 Å². The third-order valence-electron chi connectivity index (χ3n) is 3.73. The van der Waals surface area contributed by atoms with E-state index in [1.165, 1.54) is 5.56 Å². The first-order valence-electron chi connectivity index (χ1n) is 7.02. The van der Waals surface area contributed by atoms with Crippen LogP contribution in [0.3, 0.4) is 0 Å². The van der Waals surface area contributed by atoms with Crippen molar-refractivity contribution in [2.75, 3.05) is 6.26 Å². The van der Waals surface area contributed by atoms with Crippen molar-refractivity contribution in [2.45, 2.75) is 11.6 Å². The minimum atomic E-state index is 0.811. The standard InChI is InChI=1S/C17H14N4S/c1-22-17-13-7-16-15(8-14(13)18-10-19-17)20-11-21(16)9-12-5-3-2-4-6-12/h2-8,10-11H,9H2,1H3. The molecule has 4 aromatic rings. The molecule has 0 N–H and O–H groups in total. The van der Waals surface area contributed by atoms with E-state index in [0.717, 1.165) is 33.5 Å². The van der Waals surface area contributed by atoms with Gasteiger partial charge in [0.25, 0.3) is 0 Å². The Morgan fingerprint density at radius 2 is 1.86 bits per heavy atom. The van der Waals surface area contributed by atoms with Gasteiger partial charge >= 0.3 is 0 Å². The maximum Gasteiger partial charge on any atom is 0.117 e. The summed E-state index contributed by atoms with van der Waals surface area (Å²) in [6.07, 6.45) is 5.54. The van der Waals surface area contributed by atoms with Crippen molar-refractivity contribution in [1.29, 1.82) is 0 Å². The molecule has 0 fully saturated rings. The molecule has 2 aromatic heterocycles. The Hall–Kier alpha value is -2.40. The van der Waals surface area contributed by atoms with Crippen LogP contribution in [0.2, 0.25) is 0 Å². The summed E-state index contributed by atoms with van der Waals surface area (Å²) >= 11 is 1.64. The van der Waals surface area contributed by atoms with Crippen LogP contribution in [0, 0.1) is 0 Å². The quantitative estimate of drug-likeness (QED) is 0.427. The molecule has 0 bridgehead atoms. The zero-order valence-corrected chi connectivity index (χ0v) is 12.9. The second-order valence-electron chi connectivity index (χ2n) is 5.10. The van der Waals surface area contributed by atoms with Gasteiger partial charge in [-0.2, -0.15) is 0 Å². The largest absolute Gasteiger partial charge is 0.326 e. The molecule has 22 heavy (non-hydrogen) atoms. The predicted octanol–water partition coefficient (Wildman–Crippen LogP) is 3.75. The monoisotopic (exact) mass is 306 g/mol. The van der Waals surface area contributed by atoms with E-state index in [-0.39, 0.29) is 0 Å². The summed E-state index contributed by atoms with van der Waals surface area (Å²) in [5.41, 5.74) is 4.28. The lowest BCUT2D eigenvalue weighted by atomic mass is 10.2. The Bertz CT molecular complexity index is 947. The fourth-order valence-electron chi connectivity index (χ4n) is 2.65. The molecule has 0 spiro atoms. The molecule has 4 nitrogen and oxygen atoms in total. The molecule has 5 heteroatoms. The van der Waals surface area contributed by atoms with Gasteiger partial charge in [0, 0.05) is 11.9 Å². The molecular weight excluding hydrogens is 292 g/mol. The van der Waals surface area contributed by atoms with Gasteiger partial charge in [0.1, 0.15) is 11.4 Å². The highest BCUT2D eigenvalue weighted by Gasteiger charge is 2.09. The molecule has 0 amide bonds. The molecule has 2 heterocycles. The first-order chi connectivity index (χ1) is 10.8. The van der Waals surface area contributed by atoms with Crippen molar-refractivity contribution in [3.8, 4) is 0 Å². The molecule has 0 aliphatic carbocycles. The summed E-state index contributed by atoms with van der Waals surface area (Å²) in [5, 5.41) is 2.08. The van der Waals surface area contributed by atoms with E-state index in [2.05, 4.69) is 49.9 Å². The Labute approximate surface area is 132 Å². The number of hydrogen-bond acceptors (Lipinski definition) is 4. The van der Waals surface area contributed by atoms with Gasteiger partial charge in [-0.15, -0.1) is 11.8 Å². The smallest absolute Gasteiger partial charge is 0.117 e. The number of fused-ring (bicyclic) bond motifs is 2. The molecule has 0 unspecified atom stereocenters. The van der Waals surface area contributed by atoms with Gasteiger partial charge < -0.3 is 4.57 Å². The number of imidazole rings is 1. The molecule has 0 saturated heterocycles. The molecular formula is C17H14N4S. The van der Waals surface area contributed by atoms with Crippen molar-refractivity contribution in [2.24, 2.45) is 0 Å². The zero-order chi connectivity index (χ0) is 14.9. The average molecular weight is 306 g/mol. The third-order valence-corrected chi connectivity index (χ3v) is 4.44. The normalized spacial score (nSPS) is 11.3. The van der Waals surface area contributed by atoms with Gasteiger partial charge in [-0.05, 0) is 24.0 Å². The van der Waals surface area contributed by atoms with Crippen molar-refractivity contribution in [1.82, 2.24) is 19.5 Å². The van der Waals surface area contributed by atoms with Crippen molar-refractivity contribution in [3.63, 3.8) is 0 Å². The van der Waals surface area contributed by atoms with E-state index < -0.39 is 0 Å². The first-order valence-corrected chi connectivity index (χ1v) is 8.25. The van der Waals surface area contributed by atoms with Crippen molar-refractivity contribution >= 4 is 33.7 Å². The highest BCUT2D eigenvalue weighted by atomic mass is 32.2. The Balaban J connectivity index is 1.88. The Morgan fingerprint density at radius 3 is 2.68 bits per heavy atom. The summed E-state index contributed by atoms with van der Waals surface area (Å²) in [5.74, 6) is 0. The fraction of sp³-hybridized carbons (Fsp3) is 0.118. The lowest BCUT2D eigenvalue weighted by Gasteiger charge is -2.06. The lowest BCUT2D eigenvalue weighted by molar-refractivity contribution is 0.825. The number of benzene rings is 2. The molecule has 4 rings (SSSR count). The number of hydrogen-bond donors (Lipinski definition) is 0. The summed E-state index contributed by atoms with van der Waals surface area (Å²) in [6.45, 7) is 0.811. The zero-order valence-electron chi connectivity index (χ0n) is 12.1. The van der Waals surface area contributed by atoms with E-state index in [1.54, 1.807) is 18.1 Å². The van der Waals surface area contributed by atoms with Crippen LogP contribution in [0.5, 0.6) is 0 Å². The van der Waals surface area contributed by atoms with E-state index in [9.17, 15) is 0 Å². The molecule has 0 saturated carbocycles. The van der Waals surface area contributed by atoms with Crippen molar-refractivity contribution < 1.29 is 0 Å². The van der Waals surface area contributed by atoms with Gasteiger partial charge in [0.05, 0.1) is 22.9 Å². The molecule has 0 radical (unpaired) electrons. The number of aromatic nitrogens is 4. The van der Waals surface area contributed by atoms with E-state index >= 15 is 0 Å². The Morgan fingerprint density at radius 1 is 1.00 bits per heavy atom.